The lowest BCUT2D eigenvalue weighted by molar-refractivity contribution is 0.228. The zero-order valence-electron chi connectivity index (χ0n) is 12.9. The van der Waals surface area contributed by atoms with Crippen LogP contribution in [0.3, 0.4) is 0 Å². The van der Waals surface area contributed by atoms with Crippen molar-refractivity contribution in [3.05, 3.63) is 34.9 Å². The minimum absolute atomic E-state index is 0.365. The fraction of sp³-hybridized carbons (Fsp3) is 0.647. The van der Waals surface area contributed by atoms with Gasteiger partial charge in [0.2, 0.25) is 0 Å². The molecule has 1 unspecified atom stereocenters. The monoisotopic (exact) mass is 294 g/mol. The third-order valence-electron chi connectivity index (χ3n) is 4.33. The quantitative estimate of drug-likeness (QED) is 0.893. The molecule has 20 heavy (non-hydrogen) atoms. The molecular weight excluding hydrogens is 268 g/mol. The maximum Gasteiger partial charge on any atom is 0.0409 e. The molecule has 0 aromatic heterocycles. The molecule has 0 amide bonds. The number of hydrogen-bond donors (Lipinski definition) is 1. The molecule has 0 bridgehead atoms. The summed E-state index contributed by atoms with van der Waals surface area (Å²) in [6.45, 7) is 9.26. The van der Waals surface area contributed by atoms with Gasteiger partial charge in [-0.25, -0.2) is 0 Å². The molecule has 0 radical (unpaired) electrons. The lowest BCUT2D eigenvalue weighted by Gasteiger charge is -2.25. The molecule has 2 atom stereocenters. The lowest BCUT2D eigenvalue weighted by Crippen LogP contribution is -2.34. The first-order valence-corrected chi connectivity index (χ1v) is 8.19. The maximum absolute atomic E-state index is 6.08. The molecule has 1 N–H and O–H groups in total. The van der Waals surface area contributed by atoms with E-state index in [2.05, 4.69) is 43.1 Å². The largest absolute Gasteiger partial charge is 0.307 e. The first-order chi connectivity index (χ1) is 9.56. The van der Waals surface area contributed by atoms with E-state index in [-0.39, 0.29) is 0 Å². The Bertz CT molecular complexity index is 419. The van der Waals surface area contributed by atoms with Gasteiger partial charge >= 0.3 is 0 Å². The molecule has 2 rings (SSSR count). The molecule has 1 heterocycles. The third-order valence-corrected chi connectivity index (χ3v) is 4.56. The van der Waals surface area contributed by atoms with Gasteiger partial charge in [0.25, 0.3) is 0 Å². The van der Waals surface area contributed by atoms with Gasteiger partial charge in [-0.05, 0) is 70.8 Å². The highest BCUT2D eigenvalue weighted by Gasteiger charge is 2.20. The van der Waals surface area contributed by atoms with E-state index in [1.54, 1.807) is 0 Å². The van der Waals surface area contributed by atoms with Crippen LogP contribution in [0.15, 0.2) is 24.3 Å². The Balaban J connectivity index is 1.90. The molecule has 0 saturated carbocycles. The molecule has 1 aromatic rings. The van der Waals surface area contributed by atoms with Gasteiger partial charge in [0.1, 0.15) is 0 Å². The second-order valence-corrected chi connectivity index (χ2v) is 6.64. The van der Waals surface area contributed by atoms with Crippen LogP contribution in [-0.4, -0.2) is 30.1 Å². The molecule has 1 aromatic carbocycles. The summed E-state index contributed by atoms with van der Waals surface area (Å²) in [5.74, 6) is 0. The normalized spacial score (nSPS) is 22.8. The molecule has 2 nitrogen and oxygen atoms in total. The molecule has 0 spiro atoms. The van der Waals surface area contributed by atoms with E-state index in [9.17, 15) is 0 Å². The molecule has 1 saturated heterocycles. The number of rotatable bonds is 4. The summed E-state index contributed by atoms with van der Waals surface area (Å²) in [7, 11) is 0. The van der Waals surface area contributed by atoms with Gasteiger partial charge in [-0.1, -0.05) is 23.7 Å². The van der Waals surface area contributed by atoms with E-state index >= 15 is 0 Å². The van der Waals surface area contributed by atoms with Crippen LogP contribution in [0.1, 0.15) is 51.6 Å². The van der Waals surface area contributed by atoms with Gasteiger partial charge in [0.15, 0.2) is 0 Å². The van der Waals surface area contributed by atoms with Crippen molar-refractivity contribution >= 4 is 11.6 Å². The average molecular weight is 295 g/mol. The van der Waals surface area contributed by atoms with Gasteiger partial charge in [-0.3, -0.25) is 0 Å². The predicted octanol–water partition coefficient (Wildman–Crippen LogP) is 4.25. The number of halogens is 1. The predicted molar refractivity (Wildman–Crippen MR) is 87.4 cm³/mol. The first-order valence-electron chi connectivity index (χ1n) is 7.82. The van der Waals surface area contributed by atoms with Crippen molar-refractivity contribution < 1.29 is 0 Å². The van der Waals surface area contributed by atoms with Crippen molar-refractivity contribution in [1.29, 1.82) is 0 Å². The Morgan fingerprint density at radius 1 is 1.20 bits per heavy atom. The molecule has 1 fully saturated rings. The summed E-state index contributed by atoms with van der Waals surface area (Å²) in [6.07, 6.45) is 3.80. The van der Waals surface area contributed by atoms with E-state index in [0.717, 1.165) is 5.02 Å². The average Bonchev–Trinajstić information content (AvgIpc) is 2.64. The van der Waals surface area contributed by atoms with E-state index < -0.39 is 0 Å². The van der Waals surface area contributed by atoms with Gasteiger partial charge < -0.3 is 10.2 Å². The molecular formula is C17H27ClN2. The van der Waals surface area contributed by atoms with Crippen molar-refractivity contribution in [2.45, 2.75) is 58.2 Å². The van der Waals surface area contributed by atoms with Crippen molar-refractivity contribution in [2.75, 3.05) is 13.1 Å². The lowest BCUT2D eigenvalue weighted by atomic mass is 10.0. The highest BCUT2D eigenvalue weighted by atomic mass is 35.5. The van der Waals surface area contributed by atoms with Gasteiger partial charge in [0, 0.05) is 23.1 Å². The van der Waals surface area contributed by atoms with Crippen LogP contribution in [0.4, 0.5) is 0 Å². The van der Waals surface area contributed by atoms with Crippen LogP contribution < -0.4 is 5.32 Å². The smallest absolute Gasteiger partial charge is 0.0409 e. The molecule has 112 valence electrons. The third kappa shape index (κ3) is 4.47. The van der Waals surface area contributed by atoms with Gasteiger partial charge in [0.05, 0.1) is 0 Å². The van der Waals surface area contributed by atoms with Crippen molar-refractivity contribution in [2.24, 2.45) is 0 Å². The second-order valence-electron chi connectivity index (χ2n) is 6.20. The van der Waals surface area contributed by atoms with Gasteiger partial charge in [-0.2, -0.15) is 0 Å². The standard InChI is InChI=1S/C17H27ClN2/c1-13(2)20-10-5-8-17(9-11-20)19-14(3)15-6-4-7-16(18)12-15/h4,6-7,12-14,17,19H,5,8-11H2,1-3H3/t14-,17?/m1/s1. The van der Waals surface area contributed by atoms with Crippen molar-refractivity contribution in [3.8, 4) is 0 Å². The zero-order chi connectivity index (χ0) is 14.5. The second kappa shape index (κ2) is 7.44. The number of nitrogens with zero attached hydrogens (tertiary/aromatic N) is 1. The van der Waals surface area contributed by atoms with E-state index in [0.29, 0.717) is 18.1 Å². The fourth-order valence-corrected chi connectivity index (χ4v) is 3.23. The van der Waals surface area contributed by atoms with Crippen LogP contribution >= 0.6 is 11.6 Å². The maximum atomic E-state index is 6.08. The highest BCUT2D eigenvalue weighted by molar-refractivity contribution is 6.30. The van der Waals surface area contributed by atoms with Crippen LogP contribution in [-0.2, 0) is 0 Å². The first kappa shape index (κ1) is 15.8. The highest BCUT2D eigenvalue weighted by Crippen LogP contribution is 2.20. The summed E-state index contributed by atoms with van der Waals surface area (Å²) >= 11 is 6.08. The summed E-state index contributed by atoms with van der Waals surface area (Å²) < 4.78 is 0. The topological polar surface area (TPSA) is 15.3 Å². The number of hydrogen-bond acceptors (Lipinski definition) is 2. The molecule has 0 aliphatic carbocycles. The number of nitrogens with one attached hydrogen (secondary N) is 1. The van der Waals surface area contributed by atoms with E-state index in [1.165, 1.54) is 37.9 Å². The number of benzene rings is 1. The Hall–Kier alpha value is -0.570. The summed E-state index contributed by atoms with van der Waals surface area (Å²) in [6, 6.07) is 9.83. The summed E-state index contributed by atoms with van der Waals surface area (Å²) in [4.78, 5) is 2.59. The van der Waals surface area contributed by atoms with Crippen LogP contribution in [0.25, 0.3) is 0 Å². The Labute approximate surface area is 128 Å². The minimum atomic E-state index is 0.365. The zero-order valence-corrected chi connectivity index (χ0v) is 13.7. The molecule has 1 aliphatic rings. The van der Waals surface area contributed by atoms with Crippen LogP contribution in [0.2, 0.25) is 5.02 Å². The Morgan fingerprint density at radius 3 is 2.70 bits per heavy atom. The van der Waals surface area contributed by atoms with Crippen molar-refractivity contribution in [3.63, 3.8) is 0 Å². The summed E-state index contributed by atoms with van der Waals surface area (Å²) in [5.41, 5.74) is 1.28. The number of likely N-dealkylation sites (tertiary alicyclic amines) is 1. The SMILES string of the molecule is CC(C)N1CCCC(N[C@H](C)c2cccc(Cl)c2)CC1. The molecule has 1 aliphatic heterocycles. The summed E-state index contributed by atoms with van der Waals surface area (Å²) in [5, 5.41) is 4.60. The molecule has 3 heteroatoms. The van der Waals surface area contributed by atoms with Crippen molar-refractivity contribution in [1.82, 2.24) is 10.2 Å². The minimum Gasteiger partial charge on any atom is -0.307 e. The van der Waals surface area contributed by atoms with Gasteiger partial charge in [-0.15, -0.1) is 0 Å². The van der Waals surface area contributed by atoms with E-state index in [4.69, 9.17) is 11.6 Å². The van der Waals surface area contributed by atoms with Crippen LogP contribution in [0, 0.1) is 0 Å². The fourth-order valence-electron chi connectivity index (χ4n) is 3.03. The Kier molecular flexibility index (Phi) is 5.88. The van der Waals surface area contributed by atoms with E-state index in [1.807, 2.05) is 12.1 Å². The van der Waals surface area contributed by atoms with Crippen LogP contribution in [0.5, 0.6) is 0 Å². The Morgan fingerprint density at radius 2 is 2.00 bits per heavy atom.